The molecule has 1 nitrogen and oxygen atoms in total. The molecule has 1 heteroatoms. The molecule has 0 aromatic heterocycles. The number of hydrogen-bond donors (Lipinski definition) is 1. The summed E-state index contributed by atoms with van der Waals surface area (Å²) >= 11 is 0. The summed E-state index contributed by atoms with van der Waals surface area (Å²) in [5.74, 6) is 0. The molecule has 0 unspecified atom stereocenters. The van der Waals surface area contributed by atoms with Crippen molar-refractivity contribution in [1.29, 1.82) is 0 Å². The van der Waals surface area contributed by atoms with Gasteiger partial charge in [-0.25, -0.2) is 0 Å². The second kappa shape index (κ2) is 6.79. The monoisotopic (exact) mass is 251 g/mol. The van der Waals surface area contributed by atoms with Gasteiger partial charge < -0.3 is 5.32 Å². The Kier molecular flexibility index (Phi) is 4.79. The molecular formula is C18H21N. The number of rotatable bonds is 6. The maximum absolute atomic E-state index is 3.94. The number of hydrogen-bond acceptors (Lipinski definition) is 1. The van der Waals surface area contributed by atoms with Gasteiger partial charge in [0.25, 0.3) is 0 Å². The van der Waals surface area contributed by atoms with E-state index in [1.54, 1.807) is 0 Å². The van der Waals surface area contributed by atoms with Crippen molar-refractivity contribution >= 4 is 5.69 Å². The Hall–Kier alpha value is -2.02. The Morgan fingerprint density at radius 2 is 1.74 bits per heavy atom. The highest BCUT2D eigenvalue weighted by Crippen LogP contribution is 2.16. The molecule has 0 fully saturated rings. The molecule has 0 amide bonds. The van der Waals surface area contributed by atoms with Crippen molar-refractivity contribution in [2.75, 3.05) is 5.32 Å². The number of para-hydroxylation sites is 1. The summed E-state index contributed by atoms with van der Waals surface area (Å²) in [7, 11) is 0. The van der Waals surface area contributed by atoms with Crippen molar-refractivity contribution < 1.29 is 0 Å². The second-order valence-corrected chi connectivity index (χ2v) is 4.83. The average Bonchev–Trinajstić information content (AvgIpc) is 2.46. The molecule has 0 heterocycles. The van der Waals surface area contributed by atoms with Gasteiger partial charge in [-0.05, 0) is 37.0 Å². The minimum absolute atomic E-state index is 0.307. The lowest BCUT2D eigenvalue weighted by molar-refractivity contribution is 0.760. The van der Waals surface area contributed by atoms with Crippen LogP contribution >= 0.6 is 0 Å². The molecule has 2 aromatic rings. The first-order valence-electron chi connectivity index (χ1n) is 6.78. The van der Waals surface area contributed by atoms with Crippen LogP contribution in [-0.2, 0) is 6.42 Å². The lowest BCUT2D eigenvalue weighted by Gasteiger charge is -2.17. The smallest absolute Gasteiger partial charge is 0.0445 e. The lowest BCUT2D eigenvalue weighted by Crippen LogP contribution is -2.17. The Bertz CT molecular complexity index is 516. The van der Waals surface area contributed by atoms with Gasteiger partial charge in [0.15, 0.2) is 0 Å². The standard InChI is InChI=1S/C18H21N/c1-3-17(14-13-16-10-5-4-6-11-16)19-18-12-8-7-9-15(18)2/h3-12,17,19H,1,13-14H2,2H3/t17-/m0/s1. The minimum Gasteiger partial charge on any atom is -0.379 e. The Morgan fingerprint density at radius 1 is 1.05 bits per heavy atom. The maximum Gasteiger partial charge on any atom is 0.0445 e. The van der Waals surface area contributed by atoms with Gasteiger partial charge in [0.05, 0.1) is 0 Å². The Morgan fingerprint density at radius 3 is 2.42 bits per heavy atom. The van der Waals surface area contributed by atoms with Gasteiger partial charge in [0.2, 0.25) is 0 Å². The minimum atomic E-state index is 0.307. The van der Waals surface area contributed by atoms with Crippen LogP contribution in [0.2, 0.25) is 0 Å². The molecule has 0 spiro atoms. The van der Waals surface area contributed by atoms with Crippen LogP contribution in [0.3, 0.4) is 0 Å². The molecule has 0 bridgehead atoms. The number of benzene rings is 2. The van der Waals surface area contributed by atoms with Crippen LogP contribution < -0.4 is 5.32 Å². The van der Waals surface area contributed by atoms with Gasteiger partial charge in [-0.2, -0.15) is 0 Å². The Balaban J connectivity index is 1.94. The van der Waals surface area contributed by atoms with Crippen LogP contribution in [-0.4, -0.2) is 6.04 Å². The predicted octanol–water partition coefficient (Wildman–Crippen LogP) is 4.59. The molecule has 0 saturated carbocycles. The first kappa shape index (κ1) is 13.4. The summed E-state index contributed by atoms with van der Waals surface area (Å²) in [4.78, 5) is 0. The molecule has 2 aromatic carbocycles. The maximum atomic E-state index is 3.94. The van der Waals surface area contributed by atoms with E-state index < -0.39 is 0 Å². The number of aryl methyl sites for hydroxylation is 2. The summed E-state index contributed by atoms with van der Waals surface area (Å²) in [6.07, 6.45) is 4.12. The van der Waals surface area contributed by atoms with Crippen molar-refractivity contribution in [3.63, 3.8) is 0 Å². The fraction of sp³-hybridized carbons (Fsp3) is 0.222. The second-order valence-electron chi connectivity index (χ2n) is 4.83. The topological polar surface area (TPSA) is 12.0 Å². The molecule has 0 radical (unpaired) electrons. The highest BCUT2D eigenvalue weighted by atomic mass is 14.9. The number of anilines is 1. The molecule has 19 heavy (non-hydrogen) atoms. The molecule has 1 N–H and O–H groups in total. The SMILES string of the molecule is C=C[C@@H](CCc1ccccc1)Nc1ccccc1C. The quantitative estimate of drug-likeness (QED) is 0.740. The van der Waals surface area contributed by atoms with E-state index in [2.05, 4.69) is 73.4 Å². The van der Waals surface area contributed by atoms with Crippen LogP contribution in [0.5, 0.6) is 0 Å². The van der Waals surface area contributed by atoms with E-state index in [1.165, 1.54) is 16.8 Å². The highest BCUT2D eigenvalue weighted by molar-refractivity contribution is 5.51. The zero-order chi connectivity index (χ0) is 13.5. The van der Waals surface area contributed by atoms with E-state index in [1.807, 2.05) is 6.08 Å². The van der Waals surface area contributed by atoms with Gasteiger partial charge >= 0.3 is 0 Å². The molecular weight excluding hydrogens is 230 g/mol. The van der Waals surface area contributed by atoms with Crippen molar-refractivity contribution in [2.24, 2.45) is 0 Å². The summed E-state index contributed by atoms with van der Waals surface area (Å²) in [5, 5.41) is 3.55. The largest absolute Gasteiger partial charge is 0.379 e. The summed E-state index contributed by atoms with van der Waals surface area (Å²) in [6.45, 7) is 6.06. The molecule has 0 aliphatic heterocycles. The van der Waals surface area contributed by atoms with Crippen LogP contribution in [0.25, 0.3) is 0 Å². The third-order valence-corrected chi connectivity index (χ3v) is 3.36. The van der Waals surface area contributed by atoms with E-state index in [0.29, 0.717) is 6.04 Å². The molecule has 98 valence electrons. The highest BCUT2D eigenvalue weighted by Gasteiger charge is 2.05. The third kappa shape index (κ3) is 3.99. The van der Waals surface area contributed by atoms with Crippen LogP contribution in [0.4, 0.5) is 5.69 Å². The van der Waals surface area contributed by atoms with Gasteiger partial charge in [0.1, 0.15) is 0 Å². The van der Waals surface area contributed by atoms with Gasteiger partial charge in [-0.1, -0.05) is 54.6 Å². The van der Waals surface area contributed by atoms with E-state index >= 15 is 0 Å². The van der Waals surface area contributed by atoms with Crippen LogP contribution in [0.1, 0.15) is 17.5 Å². The molecule has 2 rings (SSSR count). The van der Waals surface area contributed by atoms with Crippen LogP contribution in [0, 0.1) is 6.92 Å². The van der Waals surface area contributed by atoms with Crippen molar-refractivity contribution in [1.82, 2.24) is 0 Å². The first-order chi connectivity index (χ1) is 9.29. The molecule has 0 aliphatic rings. The van der Waals surface area contributed by atoms with Gasteiger partial charge in [-0.15, -0.1) is 6.58 Å². The van der Waals surface area contributed by atoms with E-state index in [-0.39, 0.29) is 0 Å². The third-order valence-electron chi connectivity index (χ3n) is 3.36. The van der Waals surface area contributed by atoms with Gasteiger partial charge in [0, 0.05) is 11.7 Å². The van der Waals surface area contributed by atoms with E-state index in [0.717, 1.165) is 12.8 Å². The predicted molar refractivity (Wildman–Crippen MR) is 83.5 cm³/mol. The summed E-state index contributed by atoms with van der Waals surface area (Å²) in [6, 6.07) is 19.3. The first-order valence-corrected chi connectivity index (χ1v) is 6.78. The zero-order valence-corrected chi connectivity index (χ0v) is 11.5. The summed E-state index contributed by atoms with van der Waals surface area (Å²) in [5.41, 5.74) is 3.84. The van der Waals surface area contributed by atoms with Crippen molar-refractivity contribution in [3.8, 4) is 0 Å². The van der Waals surface area contributed by atoms with E-state index in [4.69, 9.17) is 0 Å². The molecule has 0 aliphatic carbocycles. The van der Waals surface area contributed by atoms with Gasteiger partial charge in [-0.3, -0.25) is 0 Å². The fourth-order valence-electron chi connectivity index (χ4n) is 2.15. The Labute approximate surface area is 116 Å². The van der Waals surface area contributed by atoms with Crippen molar-refractivity contribution in [3.05, 3.63) is 78.4 Å². The van der Waals surface area contributed by atoms with Crippen LogP contribution in [0.15, 0.2) is 67.3 Å². The van der Waals surface area contributed by atoms with E-state index in [9.17, 15) is 0 Å². The average molecular weight is 251 g/mol. The molecule has 0 saturated heterocycles. The lowest BCUT2D eigenvalue weighted by atomic mass is 10.0. The van der Waals surface area contributed by atoms with Crippen molar-refractivity contribution in [2.45, 2.75) is 25.8 Å². The normalized spacial score (nSPS) is 11.8. The molecule has 1 atom stereocenters. The zero-order valence-electron chi connectivity index (χ0n) is 11.5. The fourth-order valence-corrected chi connectivity index (χ4v) is 2.15. The number of nitrogens with one attached hydrogen (secondary N) is 1. The summed E-state index contributed by atoms with van der Waals surface area (Å²) < 4.78 is 0.